The van der Waals surface area contributed by atoms with E-state index in [1.807, 2.05) is 22.6 Å². The van der Waals surface area contributed by atoms with Crippen molar-refractivity contribution in [3.63, 3.8) is 0 Å². The first kappa shape index (κ1) is 23.5. The van der Waals surface area contributed by atoms with Crippen LogP contribution in [0.5, 0.6) is 0 Å². The summed E-state index contributed by atoms with van der Waals surface area (Å²) in [6, 6.07) is 1.60. The minimum Gasteiger partial charge on any atom is -0.383 e. The number of hydrogen-bond acceptors (Lipinski definition) is 4. The molecule has 0 aliphatic carbocycles. The molecular weight excluding hydrogens is 650 g/mol. The molecule has 152 valence electrons. The molecule has 0 radical (unpaired) electrons. The Morgan fingerprint density at radius 3 is 1.89 bits per heavy atom. The third-order valence-corrected chi connectivity index (χ3v) is 6.55. The van der Waals surface area contributed by atoms with E-state index in [0.29, 0.717) is 22.1 Å². The Kier molecular flexibility index (Phi) is 7.48. The van der Waals surface area contributed by atoms with E-state index in [4.69, 9.17) is 28.9 Å². The van der Waals surface area contributed by atoms with Crippen LogP contribution in [0.3, 0.4) is 0 Å². The molecule has 6 nitrogen and oxygen atoms in total. The number of alkyl halides is 3. The van der Waals surface area contributed by atoms with E-state index >= 15 is 0 Å². The summed E-state index contributed by atoms with van der Waals surface area (Å²) in [5.74, 6) is 0.123. The van der Waals surface area contributed by atoms with Crippen LogP contribution >= 0.6 is 68.7 Å². The molecular formula is C15H11Cl2F3I2N4O2. The maximum atomic E-state index is 12.7. The molecule has 1 aliphatic rings. The van der Waals surface area contributed by atoms with Gasteiger partial charge in [-0.05, 0) is 41.6 Å². The van der Waals surface area contributed by atoms with Crippen LogP contribution in [0.4, 0.5) is 19.0 Å². The van der Waals surface area contributed by atoms with Crippen LogP contribution in [0, 0.1) is 10.5 Å². The van der Waals surface area contributed by atoms with Crippen LogP contribution in [0.2, 0.25) is 10.0 Å². The van der Waals surface area contributed by atoms with Crippen molar-refractivity contribution in [2.75, 3.05) is 5.73 Å². The lowest BCUT2D eigenvalue weighted by atomic mass is 10.2. The lowest BCUT2D eigenvalue weighted by molar-refractivity contribution is -0.137. The van der Waals surface area contributed by atoms with Gasteiger partial charge in [0.1, 0.15) is 11.5 Å². The Morgan fingerprint density at radius 2 is 1.61 bits per heavy atom. The van der Waals surface area contributed by atoms with Crippen LogP contribution in [0.1, 0.15) is 24.1 Å². The first-order valence-electron chi connectivity index (χ1n) is 7.43. The number of benzene rings is 1. The Morgan fingerprint density at radius 1 is 1.14 bits per heavy atom. The molecule has 13 heteroatoms. The molecule has 2 N–H and O–H groups in total. The van der Waals surface area contributed by atoms with Crippen LogP contribution in [0.15, 0.2) is 12.1 Å². The number of hydrogen-bond donors (Lipinski definition) is 1. The summed E-state index contributed by atoms with van der Waals surface area (Å²) in [4.78, 5) is 21.0. The molecule has 0 saturated carbocycles. The summed E-state index contributed by atoms with van der Waals surface area (Å²) in [7, 11) is 0. The highest BCUT2D eigenvalue weighted by atomic mass is 127. The Bertz CT molecular complexity index is 911. The van der Waals surface area contributed by atoms with Crippen molar-refractivity contribution >= 4 is 86.3 Å². The second kappa shape index (κ2) is 8.92. The number of nitrogens with two attached hydrogens (primary N) is 1. The van der Waals surface area contributed by atoms with E-state index < -0.39 is 11.7 Å². The summed E-state index contributed by atoms with van der Waals surface area (Å²) in [6.45, 7) is 1.72. The summed E-state index contributed by atoms with van der Waals surface area (Å²) >= 11 is 15.5. The van der Waals surface area contributed by atoms with Crippen molar-refractivity contribution in [3.05, 3.63) is 37.0 Å². The van der Waals surface area contributed by atoms with Crippen molar-refractivity contribution in [2.24, 2.45) is 0 Å². The molecule has 0 spiro atoms. The number of aromatic nitrogens is 2. The number of carbonyl (C=O) groups excluding carboxylic acids is 2. The lowest BCUT2D eigenvalue weighted by Crippen LogP contribution is -2.16. The quantitative estimate of drug-likeness (QED) is 0.260. The summed E-state index contributed by atoms with van der Waals surface area (Å²) in [5, 5.41) is 3.79. The molecule has 0 unspecified atom stereocenters. The molecule has 1 saturated heterocycles. The predicted octanol–water partition coefficient (Wildman–Crippen LogP) is 5.18. The zero-order valence-electron chi connectivity index (χ0n) is 14.0. The van der Waals surface area contributed by atoms with Gasteiger partial charge in [-0.25, -0.2) is 7.80 Å². The second-order valence-electron chi connectivity index (χ2n) is 5.55. The van der Waals surface area contributed by atoms with Gasteiger partial charge in [0.05, 0.1) is 47.7 Å². The first-order valence-corrected chi connectivity index (χ1v) is 10.2. The molecule has 2 aromatic rings. The van der Waals surface area contributed by atoms with Crippen molar-refractivity contribution in [1.82, 2.24) is 12.9 Å². The minimum atomic E-state index is -4.52. The van der Waals surface area contributed by atoms with Crippen molar-refractivity contribution in [1.29, 1.82) is 0 Å². The number of amides is 2. The summed E-state index contributed by atoms with van der Waals surface area (Å²) in [5.41, 5.74) is 5.69. The maximum absolute atomic E-state index is 12.7. The number of rotatable bonds is 1. The lowest BCUT2D eigenvalue weighted by Gasteiger charge is -2.13. The number of imide groups is 1. The molecule has 1 fully saturated rings. The molecule has 0 bridgehead atoms. The average molecular weight is 661 g/mol. The molecule has 0 atom stereocenters. The van der Waals surface area contributed by atoms with Crippen LogP contribution in [-0.4, -0.2) is 24.7 Å². The molecule has 1 aromatic heterocycles. The van der Waals surface area contributed by atoms with Crippen LogP contribution in [-0.2, 0) is 15.8 Å². The second-order valence-corrected chi connectivity index (χ2v) is 8.41. The van der Waals surface area contributed by atoms with E-state index in [2.05, 4.69) is 5.10 Å². The molecule has 2 heterocycles. The average Bonchev–Trinajstić information content (AvgIpc) is 3.02. The Hall–Kier alpha value is -0.800. The van der Waals surface area contributed by atoms with Gasteiger partial charge in [0.2, 0.25) is 11.8 Å². The first-order chi connectivity index (χ1) is 12.8. The van der Waals surface area contributed by atoms with Crippen LogP contribution in [0.25, 0.3) is 5.69 Å². The van der Waals surface area contributed by atoms with E-state index in [-0.39, 0.29) is 33.4 Å². The highest BCUT2D eigenvalue weighted by Crippen LogP contribution is 2.38. The van der Waals surface area contributed by atoms with Gasteiger partial charge in [-0.3, -0.25) is 9.59 Å². The molecule has 1 aliphatic heterocycles. The Balaban J connectivity index is 0.000000292. The van der Waals surface area contributed by atoms with E-state index in [9.17, 15) is 22.8 Å². The van der Waals surface area contributed by atoms with E-state index in [0.717, 1.165) is 15.2 Å². The molecule has 2 amide bonds. The summed E-state index contributed by atoms with van der Waals surface area (Å²) < 4.78 is 41.1. The number of carbonyl (C=O) groups is 2. The number of anilines is 1. The third-order valence-electron chi connectivity index (χ3n) is 3.57. The molecule has 3 rings (SSSR count). The van der Waals surface area contributed by atoms with Crippen molar-refractivity contribution in [3.8, 4) is 5.69 Å². The van der Waals surface area contributed by atoms with Gasteiger partial charge < -0.3 is 5.73 Å². The smallest absolute Gasteiger partial charge is 0.383 e. The highest BCUT2D eigenvalue weighted by molar-refractivity contribution is 14.1. The van der Waals surface area contributed by atoms with E-state index in [1.54, 1.807) is 29.8 Å². The van der Waals surface area contributed by atoms with Gasteiger partial charge in [-0.15, -0.1) is 0 Å². The van der Waals surface area contributed by atoms with E-state index in [1.165, 1.54) is 4.68 Å². The Labute approximate surface area is 195 Å². The van der Waals surface area contributed by atoms with Gasteiger partial charge in [0.25, 0.3) is 0 Å². The van der Waals surface area contributed by atoms with Crippen molar-refractivity contribution < 1.29 is 22.8 Å². The standard InChI is InChI=1S/C11H7Cl2F3IN3.C4H4INO2/c1-4-8(17)10(18)20(19-4)9-6(12)2-5(3-7(9)13)11(14,15)16;5-6-3(7)1-2-4(6)8/h2-3H,18H2,1H3;1-2H2. The normalized spacial score (nSPS) is 14.4. The number of halogens is 7. The zero-order chi connectivity index (χ0) is 21.4. The van der Waals surface area contributed by atoms with Gasteiger partial charge in [-0.2, -0.15) is 18.3 Å². The molecule has 28 heavy (non-hydrogen) atoms. The fourth-order valence-corrected chi connectivity index (χ4v) is 3.64. The van der Waals surface area contributed by atoms with Crippen molar-refractivity contribution in [2.45, 2.75) is 25.9 Å². The predicted molar refractivity (Wildman–Crippen MR) is 116 cm³/mol. The van der Waals surface area contributed by atoms with Gasteiger partial charge in [0.15, 0.2) is 0 Å². The number of aryl methyl sites for hydroxylation is 1. The molecule has 1 aromatic carbocycles. The zero-order valence-corrected chi connectivity index (χ0v) is 19.8. The topological polar surface area (TPSA) is 81.2 Å². The fourth-order valence-electron chi connectivity index (χ4n) is 2.18. The largest absolute Gasteiger partial charge is 0.416 e. The maximum Gasteiger partial charge on any atom is 0.416 e. The third kappa shape index (κ3) is 5.02. The summed E-state index contributed by atoms with van der Waals surface area (Å²) in [6.07, 6.45) is -3.74. The fraction of sp³-hybridized carbons (Fsp3) is 0.267. The SMILES string of the molecule is Cc1nn(-c2c(Cl)cc(C(F)(F)F)cc2Cl)c(N)c1I.O=C1CCC(=O)N1I. The highest BCUT2D eigenvalue weighted by Gasteiger charge is 2.32. The van der Waals surface area contributed by atoms with Gasteiger partial charge >= 0.3 is 6.18 Å². The van der Waals surface area contributed by atoms with Gasteiger partial charge in [-0.1, -0.05) is 23.2 Å². The van der Waals surface area contributed by atoms with Crippen LogP contribution < -0.4 is 5.73 Å². The monoisotopic (exact) mass is 660 g/mol. The number of nitrogen functional groups attached to an aromatic ring is 1. The van der Waals surface area contributed by atoms with Gasteiger partial charge in [0, 0.05) is 12.8 Å². The minimum absolute atomic E-state index is 0.0735. The number of nitrogens with zero attached hydrogens (tertiary/aromatic N) is 3.